The van der Waals surface area contributed by atoms with Gasteiger partial charge in [0.1, 0.15) is 0 Å². The number of likely N-dealkylation sites (N-methyl/N-ethyl adjacent to an activating group) is 1. The molecule has 2 heterocycles. The van der Waals surface area contributed by atoms with Gasteiger partial charge in [-0.05, 0) is 31.8 Å². The number of thiophene rings is 1. The van der Waals surface area contributed by atoms with E-state index in [1.165, 1.54) is 0 Å². The summed E-state index contributed by atoms with van der Waals surface area (Å²) in [5.74, 6) is 1.21. The summed E-state index contributed by atoms with van der Waals surface area (Å²) in [6.45, 7) is 7.62. The molecule has 6 heteroatoms. The number of hydrogen-bond acceptors (Lipinski definition) is 6. The molecular formula is C13H19N3O2S. The second-order valence-corrected chi connectivity index (χ2v) is 6.06. The molecule has 0 aliphatic rings. The minimum Gasteiger partial charge on any atom is -0.389 e. The van der Waals surface area contributed by atoms with Gasteiger partial charge in [-0.3, -0.25) is 4.90 Å². The smallest absolute Gasteiger partial charge is 0.268 e. The first-order valence-electron chi connectivity index (χ1n) is 6.29. The average Bonchev–Trinajstić information content (AvgIpc) is 2.95. The van der Waals surface area contributed by atoms with Crippen LogP contribution in [0.3, 0.4) is 0 Å². The minimum atomic E-state index is -0.726. The van der Waals surface area contributed by atoms with Crippen molar-refractivity contribution in [3.8, 4) is 10.8 Å². The summed E-state index contributed by atoms with van der Waals surface area (Å²) >= 11 is 1.57. The van der Waals surface area contributed by atoms with Crippen molar-refractivity contribution in [3.05, 3.63) is 23.3 Å². The van der Waals surface area contributed by atoms with Gasteiger partial charge < -0.3 is 9.63 Å². The Morgan fingerprint density at radius 1 is 1.47 bits per heavy atom. The minimum absolute atomic E-state index is 0.560. The number of aliphatic hydroxyl groups is 1. The highest BCUT2D eigenvalue weighted by Gasteiger charge is 2.19. The molecule has 19 heavy (non-hydrogen) atoms. The highest BCUT2D eigenvalue weighted by Crippen LogP contribution is 2.22. The van der Waals surface area contributed by atoms with Gasteiger partial charge in [0.2, 0.25) is 0 Å². The van der Waals surface area contributed by atoms with Gasteiger partial charge in [0.15, 0.2) is 5.82 Å². The third kappa shape index (κ3) is 4.12. The summed E-state index contributed by atoms with van der Waals surface area (Å²) in [6, 6.07) is 3.91. The molecule has 0 radical (unpaired) electrons. The predicted octanol–water partition coefficient (Wildman–Crippen LogP) is 2.39. The molecule has 0 spiro atoms. The Morgan fingerprint density at radius 3 is 2.84 bits per heavy atom. The summed E-state index contributed by atoms with van der Waals surface area (Å²) in [5.41, 5.74) is -0.726. The van der Waals surface area contributed by atoms with Crippen LogP contribution in [0.25, 0.3) is 10.8 Å². The van der Waals surface area contributed by atoms with Crippen molar-refractivity contribution < 1.29 is 9.63 Å². The molecule has 5 nitrogen and oxygen atoms in total. The molecule has 2 aromatic heterocycles. The van der Waals surface area contributed by atoms with Crippen molar-refractivity contribution in [1.29, 1.82) is 0 Å². The van der Waals surface area contributed by atoms with E-state index in [0.29, 0.717) is 24.8 Å². The Bertz CT molecular complexity index is 502. The van der Waals surface area contributed by atoms with E-state index >= 15 is 0 Å². The van der Waals surface area contributed by atoms with Crippen LogP contribution in [0, 0.1) is 0 Å². The maximum Gasteiger partial charge on any atom is 0.268 e. The van der Waals surface area contributed by atoms with Crippen LogP contribution < -0.4 is 0 Å². The monoisotopic (exact) mass is 281 g/mol. The molecule has 0 saturated heterocycles. The fraction of sp³-hybridized carbons (Fsp3) is 0.538. The fourth-order valence-corrected chi connectivity index (χ4v) is 2.49. The van der Waals surface area contributed by atoms with Crippen molar-refractivity contribution in [2.75, 3.05) is 13.1 Å². The van der Waals surface area contributed by atoms with Gasteiger partial charge in [0.25, 0.3) is 5.89 Å². The first kappa shape index (κ1) is 14.2. The molecule has 2 aromatic rings. The van der Waals surface area contributed by atoms with Gasteiger partial charge in [-0.2, -0.15) is 4.98 Å². The number of nitrogens with zero attached hydrogens (tertiary/aromatic N) is 3. The lowest BCUT2D eigenvalue weighted by molar-refractivity contribution is 0.0343. The first-order chi connectivity index (χ1) is 8.98. The summed E-state index contributed by atoms with van der Waals surface area (Å²) in [4.78, 5) is 7.44. The van der Waals surface area contributed by atoms with Crippen LogP contribution in [0.5, 0.6) is 0 Å². The quantitative estimate of drug-likeness (QED) is 0.881. The summed E-state index contributed by atoms with van der Waals surface area (Å²) in [6.07, 6.45) is 0. The predicted molar refractivity (Wildman–Crippen MR) is 74.9 cm³/mol. The van der Waals surface area contributed by atoms with Crippen LogP contribution in [-0.2, 0) is 6.54 Å². The van der Waals surface area contributed by atoms with E-state index < -0.39 is 5.60 Å². The Balaban J connectivity index is 2.03. The van der Waals surface area contributed by atoms with E-state index in [0.717, 1.165) is 11.4 Å². The maximum absolute atomic E-state index is 9.85. The third-order valence-corrected chi connectivity index (χ3v) is 3.48. The molecular weight excluding hydrogens is 262 g/mol. The van der Waals surface area contributed by atoms with E-state index in [-0.39, 0.29) is 0 Å². The highest BCUT2D eigenvalue weighted by molar-refractivity contribution is 7.13. The Hall–Kier alpha value is -1.24. The lowest BCUT2D eigenvalue weighted by Crippen LogP contribution is -2.38. The maximum atomic E-state index is 9.85. The fourth-order valence-electron chi connectivity index (χ4n) is 1.85. The van der Waals surface area contributed by atoms with Gasteiger partial charge in [0, 0.05) is 6.54 Å². The van der Waals surface area contributed by atoms with Crippen molar-refractivity contribution in [2.45, 2.75) is 32.9 Å². The van der Waals surface area contributed by atoms with E-state index in [9.17, 15) is 5.11 Å². The second-order valence-electron chi connectivity index (χ2n) is 5.11. The van der Waals surface area contributed by atoms with Crippen molar-refractivity contribution in [3.63, 3.8) is 0 Å². The zero-order valence-electron chi connectivity index (χ0n) is 11.5. The zero-order chi connectivity index (χ0) is 13.9. The van der Waals surface area contributed by atoms with Crippen LogP contribution in [-0.4, -0.2) is 38.8 Å². The molecule has 0 fully saturated rings. The Morgan fingerprint density at radius 2 is 2.26 bits per heavy atom. The van der Waals surface area contributed by atoms with E-state index in [4.69, 9.17) is 4.52 Å². The second kappa shape index (κ2) is 5.81. The van der Waals surface area contributed by atoms with E-state index in [1.54, 1.807) is 25.2 Å². The van der Waals surface area contributed by atoms with Crippen LogP contribution in [0.15, 0.2) is 22.0 Å². The van der Waals surface area contributed by atoms with Crippen LogP contribution in [0.2, 0.25) is 0 Å². The topological polar surface area (TPSA) is 62.4 Å². The molecule has 0 amide bonds. The summed E-state index contributed by atoms with van der Waals surface area (Å²) in [5, 5.41) is 15.8. The molecule has 104 valence electrons. The van der Waals surface area contributed by atoms with Crippen molar-refractivity contribution in [2.24, 2.45) is 0 Å². The molecule has 0 atom stereocenters. The van der Waals surface area contributed by atoms with Gasteiger partial charge in [0.05, 0.1) is 17.0 Å². The van der Waals surface area contributed by atoms with Gasteiger partial charge in [-0.1, -0.05) is 18.1 Å². The van der Waals surface area contributed by atoms with Gasteiger partial charge in [-0.15, -0.1) is 11.3 Å². The molecule has 1 N–H and O–H groups in total. The van der Waals surface area contributed by atoms with Crippen molar-refractivity contribution in [1.82, 2.24) is 15.0 Å². The summed E-state index contributed by atoms with van der Waals surface area (Å²) < 4.78 is 5.24. The number of hydrogen-bond donors (Lipinski definition) is 1. The Kier molecular flexibility index (Phi) is 4.34. The standard InChI is InChI=1S/C13H19N3O2S/c1-4-16(9-13(2,3)17)8-11-14-12(18-15-11)10-6-5-7-19-10/h5-7,17H,4,8-9H2,1-3H3. The summed E-state index contributed by atoms with van der Waals surface area (Å²) in [7, 11) is 0. The first-order valence-corrected chi connectivity index (χ1v) is 7.17. The normalized spacial score (nSPS) is 12.3. The zero-order valence-corrected chi connectivity index (χ0v) is 12.3. The Labute approximate surface area is 116 Å². The third-order valence-electron chi connectivity index (χ3n) is 2.62. The highest BCUT2D eigenvalue weighted by atomic mass is 32.1. The molecule has 0 bridgehead atoms. The van der Waals surface area contributed by atoms with Crippen LogP contribution in [0.4, 0.5) is 0 Å². The lowest BCUT2D eigenvalue weighted by atomic mass is 10.1. The number of aromatic nitrogens is 2. The van der Waals surface area contributed by atoms with Gasteiger partial charge in [-0.25, -0.2) is 0 Å². The SMILES string of the molecule is CCN(Cc1noc(-c2cccs2)n1)CC(C)(C)O. The largest absolute Gasteiger partial charge is 0.389 e. The molecule has 2 rings (SSSR count). The molecule has 0 aliphatic carbocycles. The lowest BCUT2D eigenvalue weighted by Gasteiger charge is -2.26. The van der Waals surface area contributed by atoms with Crippen LogP contribution in [0.1, 0.15) is 26.6 Å². The van der Waals surface area contributed by atoms with Crippen LogP contribution >= 0.6 is 11.3 Å². The van der Waals surface area contributed by atoms with Crippen molar-refractivity contribution >= 4 is 11.3 Å². The molecule has 0 unspecified atom stereocenters. The molecule has 0 aliphatic heterocycles. The van der Waals surface area contributed by atoms with E-state index in [2.05, 4.69) is 15.0 Å². The van der Waals surface area contributed by atoms with E-state index in [1.807, 2.05) is 24.4 Å². The average molecular weight is 281 g/mol. The number of rotatable bonds is 6. The molecule has 0 aromatic carbocycles. The molecule has 0 saturated carbocycles. The van der Waals surface area contributed by atoms with Gasteiger partial charge >= 0.3 is 0 Å².